The van der Waals surface area contributed by atoms with Crippen molar-refractivity contribution in [2.24, 2.45) is 0 Å². The summed E-state index contributed by atoms with van der Waals surface area (Å²) in [4.78, 5) is 25.2. The SMILES string of the molecule is Nc1cccc2c1C(=O)c1c(Cl)c(Cl)c(Cl)c(Cl)c1C2=O. The molecule has 0 saturated carbocycles. The molecule has 0 saturated heterocycles. The molecule has 0 atom stereocenters. The highest BCUT2D eigenvalue weighted by molar-refractivity contribution is 6.55. The van der Waals surface area contributed by atoms with Gasteiger partial charge in [0.25, 0.3) is 0 Å². The van der Waals surface area contributed by atoms with Gasteiger partial charge in [0.05, 0.1) is 36.8 Å². The first-order valence-corrected chi connectivity index (χ1v) is 7.21. The van der Waals surface area contributed by atoms with Gasteiger partial charge in [-0.2, -0.15) is 0 Å². The molecule has 1 aliphatic carbocycles. The quantitative estimate of drug-likeness (QED) is 0.360. The van der Waals surface area contributed by atoms with Gasteiger partial charge in [-0.05, 0) is 6.07 Å². The number of carbonyl (C=O) groups is 2. The van der Waals surface area contributed by atoms with E-state index < -0.39 is 11.6 Å². The maximum atomic E-state index is 12.6. The molecule has 7 heteroatoms. The van der Waals surface area contributed by atoms with Crippen molar-refractivity contribution in [2.75, 3.05) is 5.73 Å². The standard InChI is InChI=1S/C14H5Cl4NO2/c15-9-7-8(10(16)12(18)11(9)17)14(21)6-4(13(7)20)2-1-3-5(6)19/h1-3H,19H2. The highest BCUT2D eigenvalue weighted by Gasteiger charge is 2.37. The fourth-order valence-electron chi connectivity index (χ4n) is 2.33. The summed E-state index contributed by atoms with van der Waals surface area (Å²) in [6, 6.07) is 4.61. The number of anilines is 1. The number of ketones is 2. The third kappa shape index (κ3) is 1.89. The third-order valence-corrected chi connectivity index (χ3v) is 5.09. The third-order valence-electron chi connectivity index (χ3n) is 3.29. The number of nitrogens with two attached hydrogens (primary N) is 1. The minimum absolute atomic E-state index is 0.0424. The lowest BCUT2D eigenvalue weighted by molar-refractivity contribution is 0.0980. The Morgan fingerprint density at radius 3 is 1.81 bits per heavy atom. The molecule has 2 N–H and O–H groups in total. The predicted molar refractivity (Wildman–Crippen MR) is 84.2 cm³/mol. The monoisotopic (exact) mass is 359 g/mol. The molecule has 0 spiro atoms. The van der Waals surface area contributed by atoms with Crippen LogP contribution in [-0.4, -0.2) is 11.6 Å². The lowest BCUT2D eigenvalue weighted by atomic mass is 9.83. The van der Waals surface area contributed by atoms with E-state index in [9.17, 15) is 9.59 Å². The molecule has 0 heterocycles. The van der Waals surface area contributed by atoms with Gasteiger partial charge in [-0.3, -0.25) is 9.59 Å². The van der Waals surface area contributed by atoms with Crippen LogP contribution in [0.15, 0.2) is 18.2 Å². The second kappa shape index (κ2) is 4.89. The van der Waals surface area contributed by atoms with Crippen molar-refractivity contribution in [2.45, 2.75) is 0 Å². The molecule has 0 unspecified atom stereocenters. The highest BCUT2D eigenvalue weighted by Crippen LogP contribution is 2.45. The van der Waals surface area contributed by atoms with Gasteiger partial charge < -0.3 is 5.73 Å². The average molecular weight is 361 g/mol. The summed E-state index contributed by atoms with van der Waals surface area (Å²) in [5.41, 5.74) is 6.16. The van der Waals surface area contributed by atoms with E-state index in [4.69, 9.17) is 52.1 Å². The van der Waals surface area contributed by atoms with E-state index in [0.717, 1.165) is 0 Å². The number of benzene rings is 2. The Morgan fingerprint density at radius 1 is 0.714 bits per heavy atom. The maximum Gasteiger partial charge on any atom is 0.198 e. The van der Waals surface area contributed by atoms with Gasteiger partial charge in [-0.25, -0.2) is 0 Å². The number of rotatable bonds is 0. The summed E-state index contributed by atoms with van der Waals surface area (Å²) in [6.07, 6.45) is 0. The lowest BCUT2D eigenvalue weighted by Crippen LogP contribution is -2.23. The highest BCUT2D eigenvalue weighted by atomic mass is 35.5. The fourth-order valence-corrected chi connectivity index (χ4v) is 3.35. The van der Waals surface area contributed by atoms with Gasteiger partial charge in [0, 0.05) is 11.3 Å². The number of hydrogen-bond acceptors (Lipinski definition) is 3. The fraction of sp³-hybridized carbons (Fsp3) is 0. The van der Waals surface area contributed by atoms with Crippen molar-refractivity contribution in [1.82, 2.24) is 0 Å². The van der Waals surface area contributed by atoms with Crippen molar-refractivity contribution < 1.29 is 9.59 Å². The molecule has 3 nitrogen and oxygen atoms in total. The Bertz CT molecular complexity index is 846. The first-order valence-electron chi connectivity index (χ1n) is 5.70. The molecule has 0 aromatic heterocycles. The Hall–Kier alpha value is -1.26. The van der Waals surface area contributed by atoms with Gasteiger partial charge in [0.15, 0.2) is 11.6 Å². The first kappa shape index (κ1) is 14.7. The average Bonchev–Trinajstić information content (AvgIpc) is 2.46. The van der Waals surface area contributed by atoms with Crippen molar-refractivity contribution >= 4 is 63.7 Å². The zero-order valence-electron chi connectivity index (χ0n) is 10.1. The Balaban J connectivity index is 2.47. The largest absolute Gasteiger partial charge is 0.398 e. The van der Waals surface area contributed by atoms with Crippen LogP contribution in [0.3, 0.4) is 0 Å². The summed E-state index contributed by atoms with van der Waals surface area (Å²) in [7, 11) is 0. The van der Waals surface area contributed by atoms with Crippen LogP contribution in [0.25, 0.3) is 0 Å². The molecular weight excluding hydrogens is 356 g/mol. The lowest BCUT2D eigenvalue weighted by Gasteiger charge is -2.22. The molecule has 0 aliphatic heterocycles. The van der Waals surface area contributed by atoms with Gasteiger partial charge in [0.1, 0.15) is 0 Å². The zero-order valence-corrected chi connectivity index (χ0v) is 13.2. The summed E-state index contributed by atoms with van der Waals surface area (Å²) in [5, 5.41) is -0.322. The Labute approximate surface area is 139 Å². The van der Waals surface area contributed by atoms with Crippen molar-refractivity contribution in [3.8, 4) is 0 Å². The predicted octanol–water partition coefficient (Wildman–Crippen LogP) is 4.66. The summed E-state index contributed by atoms with van der Waals surface area (Å²) >= 11 is 24.1. The molecule has 0 amide bonds. The second-order valence-corrected chi connectivity index (χ2v) is 5.95. The van der Waals surface area contributed by atoms with Crippen LogP contribution in [0, 0.1) is 0 Å². The van der Waals surface area contributed by atoms with Crippen LogP contribution in [-0.2, 0) is 0 Å². The molecular formula is C14H5Cl4NO2. The van der Waals surface area contributed by atoms with E-state index in [0.29, 0.717) is 0 Å². The molecule has 106 valence electrons. The maximum absolute atomic E-state index is 12.6. The van der Waals surface area contributed by atoms with Gasteiger partial charge in [0.2, 0.25) is 0 Å². The van der Waals surface area contributed by atoms with Crippen LogP contribution >= 0.6 is 46.4 Å². The molecule has 0 bridgehead atoms. The smallest absolute Gasteiger partial charge is 0.198 e. The van der Waals surface area contributed by atoms with E-state index in [2.05, 4.69) is 0 Å². The summed E-state index contributed by atoms with van der Waals surface area (Å²) < 4.78 is 0. The van der Waals surface area contributed by atoms with Gasteiger partial charge in [-0.15, -0.1) is 0 Å². The van der Waals surface area contributed by atoms with Crippen LogP contribution in [0.1, 0.15) is 31.8 Å². The number of halogens is 4. The van der Waals surface area contributed by atoms with Gasteiger partial charge in [-0.1, -0.05) is 58.5 Å². The number of hydrogen-bond donors (Lipinski definition) is 1. The first-order chi connectivity index (χ1) is 9.86. The molecule has 3 rings (SSSR count). The Morgan fingerprint density at radius 2 is 1.24 bits per heavy atom. The topological polar surface area (TPSA) is 60.2 Å². The molecule has 21 heavy (non-hydrogen) atoms. The van der Waals surface area contributed by atoms with Crippen LogP contribution in [0.5, 0.6) is 0 Å². The molecule has 2 aromatic carbocycles. The summed E-state index contributed by atoms with van der Waals surface area (Å²) in [6.45, 7) is 0. The van der Waals surface area contributed by atoms with E-state index >= 15 is 0 Å². The van der Waals surface area contributed by atoms with Crippen molar-refractivity contribution in [3.63, 3.8) is 0 Å². The Kier molecular flexibility index (Phi) is 3.41. The van der Waals surface area contributed by atoms with E-state index in [1.165, 1.54) is 12.1 Å². The van der Waals surface area contributed by atoms with E-state index in [1.54, 1.807) is 6.07 Å². The van der Waals surface area contributed by atoms with Crippen LogP contribution in [0.2, 0.25) is 20.1 Å². The zero-order chi connectivity index (χ0) is 15.5. The molecule has 2 aromatic rings. The molecule has 0 fully saturated rings. The second-order valence-electron chi connectivity index (χ2n) is 4.43. The minimum Gasteiger partial charge on any atom is -0.398 e. The van der Waals surface area contributed by atoms with Crippen LogP contribution < -0.4 is 5.73 Å². The minimum atomic E-state index is -0.497. The van der Waals surface area contributed by atoms with Gasteiger partial charge >= 0.3 is 0 Å². The number of fused-ring (bicyclic) bond motifs is 2. The molecule has 1 aliphatic rings. The summed E-state index contributed by atoms with van der Waals surface area (Å²) in [5.74, 6) is -0.958. The molecule has 0 radical (unpaired) electrons. The van der Waals surface area contributed by atoms with Crippen molar-refractivity contribution in [3.05, 3.63) is 60.5 Å². The number of nitrogen functional groups attached to an aromatic ring is 1. The van der Waals surface area contributed by atoms with Crippen LogP contribution in [0.4, 0.5) is 5.69 Å². The normalized spacial score (nSPS) is 13.1. The van der Waals surface area contributed by atoms with E-state index in [-0.39, 0.29) is 48.0 Å². The van der Waals surface area contributed by atoms with E-state index in [1.807, 2.05) is 0 Å². The number of carbonyl (C=O) groups excluding carboxylic acids is 2. The van der Waals surface area contributed by atoms with Crippen molar-refractivity contribution in [1.29, 1.82) is 0 Å².